The van der Waals surface area contributed by atoms with Crippen LogP contribution in [0.2, 0.25) is 0 Å². The van der Waals surface area contributed by atoms with Crippen molar-refractivity contribution in [3.05, 3.63) is 103 Å². The van der Waals surface area contributed by atoms with Gasteiger partial charge in [-0.05, 0) is 68.4 Å². The molecule has 2 heteroatoms. The van der Waals surface area contributed by atoms with E-state index < -0.39 is 0 Å². The maximum absolute atomic E-state index is 4.38. The Kier molecular flexibility index (Phi) is 3.49. The molecule has 7 aromatic rings. The highest BCUT2D eigenvalue weighted by Gasteiger charge is 2.11. The second kappa shape index (κ2) is 6.37. The Balaban J connectivity index is 1.54. The predicted molar refractivity (Wildman–Crippen MR) is 135 cm³/mol. The summed E-state index contributed by atoms with van der Waals surface area (Å²) in [4.78, 5) is 4.38. The van der Waals surface area contributed by atoms with Crippen LogP contribution in [0.4, 0.5) is 0 Å². The van der Waals surface area contributed by atoms with Gasteiger partial charge in [0.15, 0.2) is 0 Å². The topological polar surface area (TPSA) is 12.9 Å². The van der Waals surface area contributed by atoms with Gasteiger partial charge in [0, 0.05) is 38.0 Å². The summed E-state index contributed by atoms with van der Waals surface area (Å²) >= 11 is 1.87. The van der Waals surface area contributed by atoms with Crippen molar-refractivity contribution in [2.45, 2.75) is 0 Å². The van der Waals surface area contributed by atoms with Crippen molar-refractivity contribution in [3.63, 3.8) is 0 Å². The average molecular weight is 412 g/mol. The normalized spacial score (nSPS) is 11.9. The van der Waals surface area contributed by atoms with E-state index in [1.807, 2.05) is 23.7 Å². The van der Waals surface area contributed by atoms with Gasteiger partial charge in [0.1, 0.15) is 0 Å². The highest BCUT2D eigenvalue weighted by atomic mass is 32.1. The minimum Gasteiger partial charge on any atom is -0.264 e. The smallest absolute Gasteiger partial charge is 0.0355 e. The minimum atomic E-state index is 1.21. The van der Waals surface area contributed by atoms with Gasteiger partial charge in [0.2, 0.25) is 0 Å². The van der Waals surface area contributed by atoms with E-state index in [0.717, 1.165) is 0 Å². The SMILES string of the molecule is c1ccc2c(c1)sc1ccc(-c3ccc4c5ccncc5c5ccccc5c4c3)cc12. The lowest BCUT2D eigenvalue weighted by molar-refractivity contribution is 1.37. The van der Waals surface area contributed by atoms with Crippen LogP contribution in [-0.4, -0.2) is 4.98 Å². The molecule has 1 nitrogen and oxygen atoms in total. The van der Waals surface area contributed by atoms with E-state index in [-0.39, 0.29) is 0 Å². The van der Waals surface area contributed by atoms with Crippen molar-refractivity contribution in [1.29, 1.82) is 0 Å². The second-order valence-electron chi connectivity index (χ2n) is 8.04. The van der Waals surface area contributed by atoms with Crippen molar-refractivity contribution in [1.82, 2.24) is 4.98 Å². The van der Waals surface area contributed by atoms with E-state index in [9.17, 15) is 0 Å². The third-order valence-electron chi connectivity index (χ3n) is 6.35. The van der Waals surface area contributed by atoms with Crippen LogP contribution in [0, 0.1) is 0 Å². The fourth-order valence-corrected chi connectivity index (χ4v) is 5.97. The first-order valence-electron chi connectivity index (χ1n) is 10.5. The largest absolute Gasteiger partial charge is 0.264 e. The molecular weight excluding hydrogens is 394 g/mol. The third-order valence-corrected chi connectivity index (χ3v) is 7.50. The molecule has 0 spiro atoms. The van der Waals surface area contributed by atoms with Gasteiger partial charge >= 0.3 is 0 Å². The number of pyridine rings is 1. The molecule has 2 aromatic heterocycles. The summed E-state index contributed by atoms with van der Waals surface area (Å²) in [5, 5.41) is 10.3. The van der Waals surface area contributed by atoms with Crippen LogP contribution in [0.3, 0.4) is 0 Å². The average Bonchev–Trinajstić information content (AvgIpc) is 3.22. The highest BCUT2D eigenvalue weighted by molar-refractivity contribution is 7.25. The molecule has 0 saturated heterocycles. The Hall–Kier alpha value is -3.75. The molecule has 0 fully saturated rings. The number of benzene rings is 5. The van der Waals surface area contributed by atoms with Gasteiger partial charge in [-0.15, -0.1) is 11.3 Å². The van der Waals surface area contributed by atoms with Gasteiger partial charge in [-0.25, -0.2) is 0 Å². The molecule has 2 heterocycles. The van der Waals surface area contributed by atoms with Crippen LogP contribution in [0.5, 0.6) is 0 Å². The van der Waals surface area contributed by atoms with E-state index in [2.05, 4.69) is 96.0 Å². The molecule has 7 rings (SSSR count). The summed E-state index contributed by atoms with van der Waals surface area (Å²) in [7, 11) is 0. The molecule has 0 aliphatic rings. The van der Waals surface area contributed by atoms with Crippen molar-refractivity contribution < 1.29 is 0 Å². The molecule has 5 aromatic carbocycles. The van der Waals surface area contributed by atoms with Crippen molar-refractivity contribution in [2.24, 2.45) is 0 Å². The number of thiophene rings is 1. The molecule has 0 bridgehead atoms. The Bertz CT molecular complexity index is 1760. The molecule has 0 radical (unpaired) electrons. The Morgan fingerprint density at radius 1 is 0.452 bits per heavy atom. The first-order chi connectivity index (χ1) is 15.4. The Morgan fingerprint density at radius 3 is 1.94 bits per heavy atom. The molecule has 0 saturated carbocycles. The molecule has 0 aliphatic carbocycles. The zero-order valence-corrected chi connectivity index (χ0v) is 17.5. The molecular formula is C29H17NS. The monoisotopic (exact) mass is 411 g/mol. The zero-order chi connectivity index (χ0) is 20.4. The molecule has 0 atom stereocenters. The second-order valence-corrected chi connectivity index (χ2v) is 9.12. The standard InChI is InChI=1S/C29H17NS/c1-2-6-21-20(5-1)25-15-18(9-11-22(25)23-13-14-30-17-27(21)23)19-10-12-29-26(16-19)24-7-3-4-8-28(24)31-29/h1-17H. The van der Waals surface area contributed by atoms with Gasteiger partial charge in [0.25, 0.3) is 0 Å². The summed E-state index contributed by atoms with van der Waals surface area (Å²) in [6.07, 6.45) is 3.88. The van der Waals surface area contributed by atoms with Crippen molar-refractivity contribution >= 4 is 63.8 Å². The van der Waals surface area contributed by atoms with E-state index in [1.165, 1.54) is 63.6 Å². The lowest BCUT2D eigenvalue weighted by atomic mass is 9.92. The Morgan fingerprint density at radius 2 is 1.06 bits per heavy atom. The van der Waals surface area contributed by atoms with Gasteiger partial charge < -0.3 is 0 Å². The van der Waals surface area contributed by atoms with Crippen molar-refractivity contribution in [3.8, 4) is 11.1 Å². The van der Waals surface area contributed by atoms with Gasteiger partial charge in [-0.3, -0.25) is 4.98 Å². The summed E-state index contributed by atoms with van der Waals surface area (Å²) in [5.74, 6) is 0. The lowest BCUT2D eigenvalue weighted by Crippen LogP contribution is -1.85. The van der Waals surface area contributed by atoms with Crippen LogP contribution in [0.25, 0.3) is 63.6 Å². The maximum atomic E-state index is 4.38. The van der Waals surface area contributed by atoms with Crippen LogP contribution in [0.15, 0.2) is 103 Å². The molecule has 0 N–H and O–H groups in total. The number of fused-ring (bicyclic) bond motifs is 9. The number of aromatic nitrogens is 1. The number of nitrogens with zero attached hydrogens (tertiary/aromatic N) is 1. The first kappa shape index (κ1) is 17.0. The zero-order valence-electron chi connectivity index (χ0n) is 16.7. The number of hydrogen-bond acceptors (Lipinski definition) is 2. The predicted octanol–water partition coefficient (Wildman–Crippen LogP) is 8.58. The van der Waals surface area contributed by atoms with E-state index in [4.69, 9.17) is 0 Å². The van der Waals surface area contributed by atoms with Gasteiger partial charge in [-0.2, -0.15) is 0 Å². The van der Waals surface area contributed by atoms with E-state index in [1.54, 1.807) is 0 Å². The number of hydrogen-bond donors (Lipinski definition) is 0. The summed E-state index contributed by atoms with van der Waals surface area (Å²) in [5.41, 5.74) is 2.51. The fraction of sp³-hybridized carbons (Fsp3) is 0. The first-order valence-corrected chi connectivity index (χ1v) is 11.3. The fourth-order valence-electron chi connectivity index (χ4n) is 4.88. The van der Waals surface area contributed by atoms with Crippen LogP contribution in [-0.2, 0) is 0 Å². The van der Waals surface area contributed by atoms with Crippen LogP contribution >= 0.6 is 11.3 Å². The van der Waals surface area contributed by atoms with Crippen LogP contribution in [0.1, 0.15) is 0 Å². The quantitative estimate of drug-likeness (QED) is 0.247. The Labute approximate surface area is 183 Å². The molecule has 0 aliphatic heterocycles. The minimum absolute atomic E-state index is 1.21. The van der Waals surface area contributed by atoms with Crippen LogP contribution < -0.4 is 0 Å². The highest BCUT2D eigenvalue weighted by Crippen LogP contribution is 2.39. The van der Waals surface area contributed by atoms with Gasteiger partial charge in [0.05, 0.1) is 0 Å². The van der Waals surface area contributed by atoms with Gasteiger partial charge in [-0.1, -0.05) is 60.7 Å². The molecule has 0 amide bonds. The summed E-state index contributed by atoms with van der Waals surface area (Å²) in [6, 6.07) is 33.2. The van der Waals surface area contributed by atoms with Crippen molar-refractivity contribution in [2.75, 3.05) is 0 Å². The summed E-state index contributed by atoms with van der Waals surface area (Å²) < 4.78 is 2.69. The third kappa shape index (κ3) is 2.46. The summed E-state index contributed by atoms with van der Waals surface area (Å²) in [6.45, 7) is 0. The molecule has 0 unspecified atom stereocenters. The lowest BCUT2D eigenvalue weighted by Gasteiger charge is -2.12. The van der Waals surface area contributed by atoms with E-state index >= 15 is 0 Å². The number of rotatable bonds is 1. The molecule has 144 valence electrons. The van der Waals surface area contributed by atoms with E-state index in [0.29, 0.717) is 0 Å². The maximum Gasteiger partial charge on any atom is 0.0355 e. The molecule has 31 heavy (non-hydrogen) atoms.